The number of rotatable bonds is 5. The van der Waals surface area contributed by atoms with Crippen molar-refractivity contribution < 1.29 is 4.79 Å². The average Bonchev–Trinajstić information content (AvgIpc) is 2.28. The summed E-state index contributed by atoms with van der Waals surface area (Å²) >= 11 is 0. The van der Waals surface area contributed by atoms with Crippen molar-refractivity contribution in [1.29, 1.82) is 0 Å². The molecule has 88 valence electrons. The Labute approximate surface area is 97.1 Å². The number of carbonyl (C=O) groups excluding carboxylic acids is 1. The molecule has 0 aliphatic carbocycles. The van der Waals surface area contributed by atoms with Crippen molar-refractivity contribution in [3.8, 4) is 0 Å². The number of hydrogen-bond acceptors (Lipinski definition) is 3. The lowest BCUT2D eigenvalue weighted by Crippen LogP contribution is -2.36. The lowest BCUT2D eigenvalue weighted by atomic mass is 9.98. The molecular formula is C13H20N2O. The van der Waals surface area contributed by atoms with E-state index >= 15 is 0 Å². The van der Waals surface area contributed by atoms with Gasteiger partial charge in [-0.25, -0.2) is 0 Å². The van der Waals surface area contributed by atoms with Gasteiger partial charge in [-0.3, -0.25) is 9.78 Å². The normalized spacial score (nSPS) is 12.8. The number of aryl methyl sites for hydroxylation is 1. The fourth-order valence-corrected chi connectivity index (χ4v) is 1.44. The van der Waals surface area contributed by atoms with Crippen molar-refractivity contribution in [3.05, 3.63) is 29.6 Å². The molecule has 3 heteroatoms. The zero-order valence-corrected chi connectivity index (χ0v) is 10.2. The van der Waals surface area contributed by atoms with Crippen LogP contribution in [-0.4, -0.2) is 16.8 Å². The van der Waals surface area contributed by atoms with E-state index in [1.165, 1.54) is 5.56 Å². The quantitative estimate of drug-likeness (QED) is 0.822. The van der Waals surface area contributed by atoms with Crippen LogP contribution >= 0.6 is 0 Å². The number of carbonyl (C=O) groups is 1. The number of pyridine rings is 1. The van der Waals surface area contributed by atoms with Gasteiger partial charge in [-0.1, -0.05) is 26.8 Å². The second-order valence-electron chi connectivity index (χ2n) is 4.42. The molecule has 0 aromatic carbocycles. The van der Waals surface area contributed by atoms with Crippen LogP contribution in [0.3, 0.4) is 0 Å². The SMILES string of the molecule is CCc1ccc(CC(=O)C(N)C(C)C)nc1. The average molecular weight is 220 g/mol. The van der Waals surface area contributed by atoms with E-state index in [1.807, 2.05) is 32.2 Å². The molecule has 1 aromatic rings. The summed E-state index contributed by atoms with van der Waals surface area (Å²) in [5.41, 5.74) is 7.78. The van der Waals surface area contributed by atoms with Crippen LogP contribution in [0.2, 0.25) is 0 Å². The predicted octanol–water partition coefficient (Wildman–Crippen LogP) is 1.74. The summed E-state index contributed by atoms with van der Waals surface area (Å²) in [6, 6.07) is 3.54. The Morgan fingerprint density at radius 2 is 2.12 bits per heavy atom. The van der Waals surface area contributed by atoms with Crippen LogP contribution in [0.4, 0.5) is 0 Å². The molecule has 0 fully saturated rings. The van der Waals surface area contributed by atoms with Gasteiger partial charge in [0.1, 0.15) is 0 Å². The van der Waals surface area contributed by atoms with Crippen molar-refractivity contribution in [2.24, 2.45) is 11.7 Å². The first-order valence-corrected chi connectivity index (χ1v) is 5.76. The minimum atomic E-state index is -0.382. The second kappa shape index (κ2) is 5.75. The molecule has 0 bridgehead atoms. The third-order valence-corrected chi connectivity index (χ3v) is 2.74. The molecule has 1 aromatic heterocycles. The van der Waals surface area contributed by atoms with Crippen molar-refractivity contribution in [3.63, 3.8) is 0 Å². The van der Waals surface area contributed by atoms with Crippen molar-refractivity contribution in [1.82, 2.24) is 4.98 Å². The van der Waals surface area contributed by atoms with Crippen LogP contribution in [-0.2, 0) is 17.6 Å². The Balaban J connectivity index is 2.62. The number of Topliss-reactive ketones (excluding diaryl/α,β-unsaturated/α-hetero) is 1. The third-order valence-electron chi connectivity index (χ3n) is 2.74. The summed E-state index contributed by atoms with van der Waals surface area (Å²) in [6.07, 6.45) is 3.12. The molecule has 0 saturated carbocycles. The molecule has 0 radical (unpaired) electrons. The van der Waals surface area contributed by atoms with E-state index in [4.69, 9.17) is 5.73 Å². The molecule has 16 heavy (non-hydrogen) atoms. The van der Waals surface area contributed by atoms with Gasteiger partial charge in [0.2, 0.25) is 0 Å². The van der Waals surface area contributed by atoms with Gasteiger partial charge in [0.15, 0.2) is 5.78 Å². The number of ketones is 1. The van der Waals surface area contributed by atoms with Crippen LogP contribution in [0.5, 0.6) is 0 Å². The van der Waals surface area contributed by atoms with Crippen molar-refractivity contribution >= 4 is 5.78 Å². The van der Waals surface area contributed by atoms with Crippen LogP contribution in [0.25, 0.3) is 0 Å². The molecule has 0 amide bonds. The Bertz CT molecular complexity index is 343. The molecule has 2 N–H and O–H groups in total. The summed E-state index contributed by atoms with van der Waals surface area (Å²) in [7, 11) is 0. The van der Waals surface area contributed by atoms with Gasteiger partial charge in [-0.2, -0.15) is 0 Å². The van der Waals surface area contributed by atoms with E-state index in [0.717, 1.165) is 12.1 Å². The monoisotopic (exact) mass is 220 g/mol. The second-order valence-corrected chi connectivity index (χ2v) is 4.42. The number of nitrogens with zero attached hydrogens (tertiary/aromatic N) is 1. The molecule has 0 saturated heterocycles. The van der Waals surface area contributed by atoms with Crippen molar-refractivity contribution in [2.45, 2.75) is 39.7 Å². The lowest BCUT2D eigenvalue weighted by molar-refractivity contribution is -0.120. The summed E-state index contributed by atoms with van der Waals surface area (Å²) in [5.74, 6) is 0.245. The lowest BCUT2D eigenvalue weighted by Gasteiger charge is -2.13. The maximum absolute atomic E-state index is 11.7. The van der Waals surface area contributed by atoms with E-state index in [-0.39, 0.29) is 17.7 Å². The van der Waals surface area contributed by atoms with E-state index in [1.54, 1.807) is 0 Å². The van der Waals surface area contributed by atoms with Gasteiger partial charge in [0.25, 0.3) is 0 Å². The molecule has 1 unspecified atom stereocenters. The fraction of sp³-hybridized carbons (Fsp3) is 0.538. The molecule has 0 spiro atoms. The summed E-state index contributed by atoms with van der Waals surface area (Å²) in [4.78, 5) is 16.0. The van der Waals surface area contributed by atoms with Crippen LogP contribution < -0.4 is 5.73 Å². The van der Waals surface area contributed by atoms with Gasteiger partial charge < -0.3 is 5.73 Å². The van der Waals surface area contributed by atoms with Gasteiger partial charge in [-0.05, 0) is 24.0 Å². The molecule has 0 aliphatic heterocycles. The highest BCUT2D eigenvalue weighted by Crippen LogP contribution is 2.06. The van der Waals surface area contributed by atoms with Gasteiger partial charge >= 0.3 is 0 Å². The molecule has 1 rings (SSSR count). The Hall–Kier alpha value is -1.22. The topological polar surface area (TPSA) is 56.0 Å². The van der Waals surface area contributed by atoms with Gasteiger partial charge in [-0.15, -0.1) is 0 Å². The van der Waals surface area contributed by atoms with Crippen LogP contribution in [0, 0.1) is 5.92 Å². The smallest absolute Gasteiger partial charge is 0.155 e. The van der Waals surface area contributed by atoms with Gasteiger partial charge in [0.05, 0.1) is 12.5 Å². The minimum absolute atomic E-state index is 0.0618. The maximum Gasteiger partial charge on any atom is 0.155 e. The van der Waals surface area contributed by atoms with E-state index in [9.17, 15) is 4.79 Å². The third kappa shape index (κ3) is 3.42. The zero-order valence-electron chi connectivity index (χ0n) is 10.2. The highest BCUT2D eigenvalue weighted by atomic mass is 16.1. The Kier molecular flexibility index (Phi) is 4.62. The Morgan fingerprint density at radius 3 is 2.56 bits per heavy atom. The minimum Gasteiger partial charge on any atom is -0.321 e. The molecule has 1 heterocycles. The first kappa shape index (κ1) is 12.8. The highest BCUT2D eigenvalue weighted by molar-refractivity contribution is 5.85. The Morgan fingerprint density at radius 1 is 1.44 bits per heavy atom. The zero-order chi connectivity index (χ0) is 12.1. The molecule has 0 aliphatic rings. The molecule has 3 nitrogen and oxygen atoms in total. The highest BCUT2D eigenvalue weighted by Gasteiger charge is 2.17. The van der Waals surface area contributed by atoms with E-state index < -0.39 is 0 Å². The van der Waals surface area contributed by atoms with Crippen molar-refractivity contribution in [2.75, 3.05) is 0 Å². The largest absolute Gasteiger partial charge is 0.321 e. The first-order valence-electron chi connectivity index (χ1n) is 5.76. The predicted molar refractivity (Wildman–Crippen MR) is 65.1 cm³/mol. The maximum atomic E-state index is 11.7. The summed E-state index contributed by atoms with van der Waals surface area (Å²) in [5, 5.41) is 0. The summed E-state index contributed by atoms with van der Waals surface area (Å²) in [6.45, 7) is 5.99. The van der Waals surface area contributed by atoms with Gasteiger partial charge in [0, 0.05) is 11.9 Å². The molecular weight excluding hydrogens is 200 g/mol. The first-order chi connectivity index (χ1) is 7.54. The number of aromatic nitrogens is 1. The van der Waals surface area contributed by atoms with Crippen LogP contribution in [0.15, 0.2) is 18.3 Å². The molecule has 1 atom stereocenters. The standard InChI is InChI=1S/C13H20N2O/c1-4-10-5-6-11(15-8-10)7-12(16)13(14)9(2)3/h5-6,8-9,13H,4,7,14H2,1-3H3. The number of nitrogens with two attached hydrogens (primary N) is 1. The van der Waals surface area contributed by atoms with E-state index in [0.29, 0.717) is 6.42 Å². The summed E-state index contributed by atoms with van der Waals surface area (Å²) < 4.78 is 0. The van der Waals surface area contributed by atoms with E-state index in [2.05, 4.69) is 11.9 Å². The van der Waals surface area contributed by atoms with Crippen LogP contribution in [0.1, 0.15) is 32.0 Å². The number of hydrogen-bond donors (Lipinski definition) is 1. The fourth-order valence-electron chi connectivity index (χ4n) is 1.44.